The van der Waals surface area contributed by atoms with Crippen molar-refractivity contribution in [2.45, 2.75) is 44.8 Å². The minimum absolute atomic E-state index is 0.0322. The molecule has 2 aliphatic rings. The number of anilines is 1. The fraction of sp³-hybridized carbons (Fsp3) is 0.667. The molecular formula is C15H22N4O2. The Labute approximate surface area is 124 Å². The van der Waals surface area contributed by atoms with E-state index in [0.29, 0.717) is 6.04 Å². The third kappa shape index (κ3) is 3.50. The summed E-state index contributed by atoms with van der Waals surface area (Å²) in [6.07, 6.45) is 4.55. The summed E-state index contributed by atoms with van der Waals surface area (Å²) < 4.78 is 0. The maximum Gasteiger partial charge on any atom is 0.249 e. The van der Waals surface area contributed by atoms with E-state index in [4.69, 9.17) is 0 Å². The maximum absolute atomic E-state index is 11.9. The van der Waals surface area contributed by atoms with Gasteiger partial charge in [-0.05, 0) is 44.6 Å². The lowest BCUT2D eigenvalue weighted by atomic mass is 9.91. The lowest BCUT2D eigenvalue weighted by Gasteiger charge is -2.33. The van der Waals surface area contributed by atoms with Crippen LogP contribution in [0, 0.1) is 12.8 Å². The van der Waals surface area contributed by atoms with E-state index in [1.54, 1.807) is 6.20 Å². The molecule has 0 aromatic carbocycles. The Balaban J connectivity index is 1.53. The molecule has 2 heterocycles. The van der Waals surface area contributed by atoms with Gasteiger partial charge in [-0.2, -0.15) is 0 Å². The van der Waals surface area contributed by atoms with Gasteiger partial charge in [-0.15, -0.1) is 0 Å². The predicted molar refractivity (Wildman–Crippen MR) is 78.9 cm³/mol. The summed E-state index contributed by atoms with van der Waals surface area (Å²) in [4.78, 5) is 22.7. The molecule has 3 rings (SSSR count). The first-order valence-electron chi connectivity index (χ1n) is 7.66. The SMILES string of the molecule is Cc1ccnc(N2CCC([C@H](O)C(=O)NC3CC3)CC2)n1. The van der Waals surface area contributed by atoms with Gasteiger partial charge in [0.1, 0.15) is 6.10 Å². The van der Waals surface area contributed by atoms with Gasteiger partial charge in [0.05, 0.1) is 0 Å². The number of aryl methyl sites for hydroxylation is 1. The molecule has 1 aromatic heterocycles. The Morgan fingerprint density at radius 1 is 1.38 bits per heavy atom. The summed E-state index contributed by atoms with van der Waals surface area (Å²) in [6, 6.07) is 2.18. The van der Waals surface area contributed by atoms with E-state index in [2.05, 4.69) is 20.2 Å². The van der Waals surface area contributed by atoms with Crippen molar-refractivity contribution in [3.05, 3.63) is 18.0 Å². The van der Waals surface area contributed by atoms with Crippen LogP contribution >= 0.6 is 0 Å². The minimum Gasteiger partial charge on any atom is -0.383 e. The molecule has 1 amide bonds. The Morgan fingerprint density at radius 2 is 2.10 bits per heavy atom. The van der Waals surface area contributed by atoms with Crippen LogP contribution in [0.25, 0.3) is 0 Å². The highest BCUT2D eigenvalue weighted by atomic mass is 16.3. The second-order valence-electron chi connectivity index (χ2n) is 6.05. The van der Waals surface area contributed by atoms with E-state index < -0.39 is 6.10 Å². The largest absolute Gasteiger partial charge is 0.383 e. The zero-order valence-corrected chi connectivity index (χ0v) is 12.3. The number of nitrogens with one attached hydrogen (secondary N) is 1. The van der Waals surface area contributed by atoms with E-state index in [9.17, 15) is 9.90 Å². The molecule has 0 unspecified atom stereocenters. The highest BCUT2D eigenvalue weighted by Crippen LogP contribution is 2.25. The van der Waals surface area contributed by atoms with E-state index in [1.165, 1.54) is 0 Å². The molecular weight excluding hydrogens is 268 g/mol. The van der Waals surface area contributed by atoms with Crippen molar-refractivity contribution < 1.29 is 9.90 Å². The van der Waals surface area contributed by atoms with Crippen molar-refractivity contribution in [1.29, 1.82) is 0 Å². The van der Waals surface area contributed by atoms with Gasteiger partial charge in [0.2, 0.25) is 11.9 Å². The van der Waals surface area contributed by atoms with Gasteiger partial charge in [0.25, 0.3) is 0 Å². The molecule has 0 bridgehead atoms. The van der Waals surface area contributed by atoms with Gasteiger partial charge in [-0.3, -0.25) is 4.79 Å². The van der Waals surface area contributed by atoms with E-state index in [1.807, 2.05) is 13.0 Å². The molecule has 1 aromatic rings. The molecule has 1 aliphatic carbocycles. The first-order valence-corrected chi connectivity index (χ1v) is 7.66. The van der Waals surface area contributed by atoms with Gasteiger partial charge in [0.15, 0.2) is 0 Å². The molecule has 1 saturated heterocycles. The number of carbonyl (C=O) groups is 1. The molecule has 1 aliphatic heterocycles. The van der Waals surface area contributed by atoms with Gasteiger partial charge in [0, 0.05) is 31.0 Å². The van der Waals surface area contributed by atoms with Crippen molar-refractivity contribution in [3.63, 3.8) is 0 Å². The van der Waals surface area contributed by atoms with E-state index in [-0.39, 0.29) is 11.8 Å². The summed E-state index contributed by atoms with van der Waals surface area (Å²) >= 11 is 0. The van der Waals surface area contributed by atoms with Crippen LogP contribution in [0.1, 0.15) is 31.4 Å². The van der Waals surface area contributed by atoms with Crippen molar-refractivity contribution in [3.8, 4) is 0 Å². The van der Waals surface area contributed by atoms with Gasteiger partial charge in [-0.25, -0.2) is 9.97 Å². The first kappa shape index (κ1) is 14.3. The average Bonchev–Trinajstić information content (AvgIpc) is 3.30. The number of aliphatic hydroxyl groups excluding tert-OH is 1. The summed E-state index contributed by atoms with van der Waals surface area (Å²) in [6.45, 7) is 3.51. The second-order valence-corrected chi connectivity index (χ2v) is 6.05. The van der Waals surface area contributed by atoms with Crippen LogP contribution in [-0.4, -0.2) is 46.2 Å². The van der Waals surface area contributed by atoms with Gasteiger partial charge < -0.3 is 15.3 Å². The Bertz CT molecular complexity index is 510. The van der Waals surface area contributed by atoms with E-state index >= 15 is 0 Å². The number of hydrogen-bond acceptors (Lipinski definition) is 5. The highest BCUT2D eigenvalue weighted by Gasteiger charge is 2.33. The van der Waals surface area contributed by atoms with Crippen LogP contribution in [0.2, 0.25) is 0 Å². The van der Waals surface area contributed by atoms with Crippen LogP contribution in [0.4, 0.5) is 5.95 Å². The zero-order valence-electron chi connectivity index (χ0n) is 12.3. The number of hydrogen-bond donors (Lipinski definition) is 2. The maximum atomic E-state index is 11.9. The normalized spacial score (nSPS) is 21.1. The molecule has 6 heteroatoms. The fourth-order valence-corrected chi connectivity index (χ4v) is 2.73. The van der Waals surface area contributed by atoms with Crippen LogP contribution in [0.5, 0.6) is 0 Å². The van der Waals surface area contributed by atoms with Crippen LogP contribution in [-0.2, 0) is 4.79 Å². The molecule has 2 N–H and O–H groups in total. The number of aliphatic hydroxyl groups is 1. The molecule has 1 atom stereocenters. The summed E-state index contributed by atoms with van der Waals surface area (Å²) in [7, 11) is 0. The lowest BCUT2D eigenvalue weighted by Crippen LogP contribution is -2.45. The summed E-state index contributed by atoms with van der Waals surface area (Å²) in [5, 5.41) is 13.0. The Kier molecular flexibility index (Phi) is 4.05. The monoisotopic (exact) mass is 290 g/mol. The number of nitrogens with zero attached hydrogens (tertiary/aromatic N) is 3. The number of carbonyl (C=O) groups excluding carboxylic acids is 1. The Hall–Kier alpha value is -1.69. The molecule has 6 nitrogen and oxygen atoms in total. The zero-order chi connectivity index (χ0) is 14.8. The van der Waals surface area contributed by atoms with Crippen molar-refractivity contribution in [2.24, 2.45) is 5.92 Å². The van der Waals surface area contributed by atoms with Crippen molar-refractivity contribution in [2.75, 3.05) is 18.0 Å². The fourth-order valence-electron chi connectivity index (χ4n) is 2.73. The van der Waals surface area contributed by atoms with Crippen molar-refractivity contribution >= 4 is 11.9 Å². The standard InChI is InChI=1S/C15H22N4O2/c1-10-4-7-16-15(17-10)19-8-5-11(6-9-19)13(20)14(21)18-12-2-3-12/h4,7,11-13,20H,2-3,5-6,8-9H2,1H3,(H,18,21)/t13-/m0/s1. The summed E-state index contributed by atoms with van der Waals surface area (Å²) in [5.74, 6) is 0.568. The second kappa shape index (κ2) is 5.97. The molecule has 21 heavy (non-hydrogen) atoms. The first-order chi connectivity index (χ1) is 10.1. The Morgan fingerprint density at radius 3 is 2.71 bits per heavy atom. The lowest BCUT2D eigenvalue weighted by molar-refractivity contribution is -0.132. The van der Waals surface area contributed by atoms with Crippen LogP contribution < -0.4 is 10.2 Å². The van der Waals surface area contributed by atoms with E-state index in [0.717, 1.165) is 50.4 Å². The predicted octanol–water partition coefficient (Wildman–Crippen LogP) is 0.641. The molecule has 114 valence electrons. The van der Waals surface area contributed by atoms with Gasteiger partial charge >= 0.3 is 0 Å². The smallest absolute Gasteiger partial charge is 0.249 e. The number of piperidine rings is 1. The third-order valence-corrected chi connectivity index (χ3v) is 4.24. The quantitative estimate of drug-likeness (QED) is 0.851. The molecule has 0 spiro atoms. The summed E-state index contributed by atoms with van der Waals surface area (Å²) in [5.41, 5.74) is 0.950. The highest BCUT2D eigenvalue weighted by molar-refractivity contribution is 5.81. The number of aromatic nitrogens is 2. The third-order valence-electron chi connectivity index (χ3n) is 4.24. The molecule has 2 fully saturated rings. The molecule has 0 radical (unpaired) electrons. The number of amides is 1. The van der Waals surface area contributed by atoms with Crippen LogP contribution in [0.15, 0.2) is 12.3 Å². The van der Waals surface area contributed by atoms with Gasteiger partial charge in [-0.1, -0.05) is 0 Å². The minimum atomic E-state index is -0.883. The molecule has 1 saturated carbocycles. The van der Waals surface area contributed by atoms with Crippen LogP contribution in [0.3, 0.4) is 0 Å². The number of rotatable bonds is 4. The van der Waals surface area contributed by atoms with Crippen molar-refractivity contribution in [1.82, 2.24) is 15.3 Å². The topological polar surface area (TPSA) is 78.3 Å². The average molecular weight is 290 g/mol.